The number of fused-ring (bicyclic) bond motifs is 2. The van der Waals surface area contributed by atoms with Crippen molar-refractivity contribution in [3.63, 3.8) is 0 Å². The monoisotopic (exact) mass is 690 g/mol. The van der Waals surface area contributed by atoms with E-state index in [0.717, 1.165) is 0 Å². The molecule has 0 spiro atoms. The van der Waals surface area contributed by atoms with Crippen LogP contribution in [0.15, 0.2) is 36.4 Å². The molecule has 0 radical (unpaired) electrons. The Bertz CT molecular complexity index is 2290. The van der Waals surface area contributed by atoms with E-state index >= 15 is 0 Å². The van der Waals surface area contributed by atoms with Gasteiger partial charge in [-0.25, -0.2) is 9.59 Å². The van der Waals surface area contributed by atoms with Crippen LogP contribution in [0.25, 0.3) is 43.1 Å². The average Bonchev–Trinajstić information content (AvgIpc) is 3.01. The number of carboxylic acids is 4. The van der Waals surface area contributed by atoms with E-state index in [0.29, 0.717) is 20.6 Å². The summed E-state index contributed by atoms with van der Waals surface area (Å²) in [6.45, 7) is 0. The summed E-state index contributed by atoms with van der Waals surface area (Å²) in [5, 5.41) is 39.9. The zero-order valence-electron chi connectivity index (χ0n) is 23.7. The first kappa shape index (κ1) is 30.8. The fourth-order valence-electron chi connectivity index (χ4n) is 6.88. The number of aliphatic carboxylic acids is 4. The van der Waals surface area contributed by atoms with Crippen LogP contribution >= 0.6 is 23.2 Å². The molecule has 0 saturated heterocycles. The Morgan fingerprint density at radius 3 is 1.17 bits per heavy atom. The summed E-state index contributed by atoms with van der Waals surface area (Å²) in [4.78, 5) is 102. The molecule has 5 aromatic carbocycles. The van der Waals surface area contributed by atoms with Crippen LogP contribution in [0.4, 0.5) is 0 Å². The highest BCUT2D eigenvalue weighted by atomic mass is 35.5. The van der Waals surface area contributed by atoms with E-state index in [2.05, 4.69) is 0 Å². The summed E-state index contributed by atoms with van der Waals surface area (Å²) >= 11 is 13.6. The van der Waals surface area contributed by atoms with Crippen molar-refractivity contribution in [3.05, 3.63) is 68.7 Å². The van der Waals surface area contributed by atoms with Gasteiger partial charge < -0.3 is 20.4 Å². The van der Waals surface area contributed by atoms with E-state index in [1.807, 2.05) is 0 Å². The molecule has 0 bridgehead atoms. The summed E-state index contributed by atoms with van der Waals surface area (Å²) in [7, 11) is 0. The lowest BCUT2D eigenvalue weighted by Crippen LogP contribution is -2.51. The van der Waals surface area contributed by atoms with E-state index in [9.17, 15) is 58.8 Å². The van der Waals surface area contributed by atoms with Gasteiger partial charge in [-0.15, -0.1) is 0 Å². The van der Waals surface area contributed by atoms with E-state index < -0.39 is 72.4 Å². The number of carboxylic acid groups (broad SMARTS) is 4. The van der Waals surface area contributed by atoms with Crippen LogP contribution in [0, 0.1) is 0 Å². The molecule has 16 heteroatoms. The molecule has 0 unspecified atom stereocenters. The molecule has 2 heterocycles. The minimum atomic E-state index is -2.02. The molecule has 2 aliphatic rings. The first-order chi connectivity index (χ1) is 22.6. The summed E-state index contributed by atoms with van der Waals surface area (Å²) in [5.41, 5.74) is -0.559. The van der Waals surface area contributed by atoms with Gasteiger partial charge in [-0.2, -0.15) is 0 Å². The van der Waals surface area contributed by atoms with Gasteiger partial charge >= 0.3 is 23.9 Å². The highest BCUT2D eigenvalue weighted by Gasteiger charge is 2.45. The predicted octanol–water partition coefficient (Wildman–Crippen LogP) is 4.09. The minimum absolute atomic E-state index is 0.0476. The lowest BCUT2D eigenvalue weighted by Gasteiger charge is -2.33. The first-order valence-corrected chi connectivity index (χ1v) is 14.6. The van der Waals surface area contributed by atoms with Crippen molar-refractivity contribution in [1.82, 2.24) is 9.80 Å². The van der Waals surface area contributed by atoms with Gasteiger partial charge in [-0.1, -0.05) is 35.3 Å². The second kappa shape index (κ2) is 10.3. The van der Waals surface area contributed by atoms with Crippen LogP contribution < -0.4 is 0 Å². The number of nitrogens with zero attached hydrogens (tertiary/aromatic N) is 2. The van der Waals surface area contributed by atoms with E-state index in [4.69, 9.17) is 23.2 Å². The molecular formula is C32H16Cl2N2O12. The topological polar surface area (TPSA) is 224 Å². The number of carbonyl (C=O) groups excluding carboxylic acids is 4. The number of carbonyl (C=O) groups is 8. The fourth-order valence-corrected chi connectivity index (χ4v) is 7.49. The van der Waals surface area contributed by atoms with Gasteiger partial charge in [-0.05, 0) is 35.0 Å². The highest BCUT2D eigenvalue weighted by molar-refractivity contribution is 6.50. The third-order valence-corrected chi connectivity index (χ3v) is 9.33. The number of rotatable bonds is 8. The quantitative estimate of drug-likeness (QED) is 0.103. The number of benzene rings is 5. The SMILES string of the molecule is O=C(O)C[C@@H](C(=O)O)N1C(=O)c2ccc3c4c(Cl)cc5c6c(ccc(c7c(Cl)cc(c2c37)C1=O)c64)C(=O)N([C@@H](CC(=O)O)C(=O)O)C5=O. The maximum atomic E-state index is 13.7. The van der Waals surface area contributed by atoms with E-state index in [-0.39, 0.29) is 64.6 Å². The molecule has 0 fully saturated rings. The zero-order chi connectivity index (χ0) is 34.7. The highest BCUT2D eigenvalue weighted by Crippen LogP contribution is 2.50. The van der Waals surface area contributed by atoms with Crippen LogP contribution in [-0.2, 0) is 19.2 Å². The molecule has 48 heavy (non-hydrogen) atoms. The molecule has 0 aliphatic carbocycles. The second-order valence-electron chi connectivity index (χ2n) is 11.2. The molecule has 4 N–H and O–H groups in total. The number of imide groups is 2. The maximum absolute atomic E-state index is 13.7. The second-order valence-corrected chi connectivity index (χ2v) is 12.1. The molecular weight excluding hydrogens is 675 g/mol. The zero-order valence-corrected chi connectivity index (χ0v) is 25.3. The number of hydrogen-bond acceptors (Lipinski definition) is 8. The van der Waals surface area contributed by atoms with Crippen molar-refractivity contribution >= 4 is 114 Å². The van der Waals surface area contributed by atoms with Crippen molar-refractivity contribution < 1.29 is 58.8 Å². The van der Waals surface area contributed by atoms with Gasteiger partial charge in [0.2, 0.25) is 0 Å². The van der Waals surface area contributed by atoms with Crippen LogP contribution in [0.5, 0.6) is 0 Å². The van der Waals surface area contributed by atoms with Crippen molar-refractivity contribution in [2.45, 2.75) is 24.9 Å². The van der Waals surface area contributed by atoms with Gasteiger partial charge in [0.1, 0.15) is 12.1 Å². The van der Waals surface area contributed by atoms with Crippen LogP contribution in [0.3, 0.4) is 0 Å². The van der Waals surface area contributed by atoms with Crippen molar-refractivity contribution in [1.29, 1.82) is 0 Å². The Kier molecular flexibility index (Phi) is 6.62. The van der Waals surface area contributed by atoms with Gasteiger partial charge in [0.05, 0.1) is 24.0 Å². The molecule has 2 atom stereocenters. The Labute approximate surface area is 275 Å². The standard InChI is InChI=1S/C32H16Cl2N2O12/c33-15-5-14-22-12(28(42)36(30(14)44)18(32(47)48)8-20(39)40)4-2-10-24-16(34)6-13-21-11(3-1-9(25(21)24)23(15)26(10)22)27(41)35(29(13)43)17(31(45)46)7-19(37)38/h1-6,17-18H,7-8H2,(H,37,38)(H,39,40)(H,45,46)(H,47,48)/t17-,18-/m0/s1. The summed E-state index contributed by atoms with van der Waals surface area (Å²) in [6, 6.07) is 3.96. The molecule has 14 nitrogen and oxygen atoms in total. The van der Waals surface area contributed by atoms with Crippen molar-refractivity contribution in [3.8, 4) is 0 Å². The normalized spacial score (nSPS) is 15.6. The fraction of sp³-hybridized carbons (Fsp3) is 0.125. The molecule has 0 saturated carbocycles. The Hall–Kier alpha value is -5.86. The van der Waals surface area contributed by atoms with Crippen LogP contribution in [-0.4, -0.2) is 89.8 Å². The lowest BCUT2D eigenvalue weighted by molar-refractivity contribution is -0.148. The van der Waals surface area contributed by atoms with E-state index in [1.54, 1.807) is 0 Å². The van der Waals surface area contributed by atoms with Gasteiger partial charge in [-0.3, -0.25) is 38.6 Å². The maximum Gasteiger partial charge on any atom is 0.327 e. The molecule has 0 aromatic heterocycles. The van der Waals surface area contributed by atoms with Crippen LogP contribution in [0.1, 0.15) is 54.3 Å². The summed E-state index contributed by atoms with van der Waals surface area (Å²) in [5.74, 6) is -10.8. The smallest absolute Gasteiger partial charge is 0.327 e. The Morgan fingerprint density at radius 2 is 0.854 bits per heavy atom. The van der Waals surface area contributed by atoms with E-state index in [1.165, 1.54) is 36.4 Å². The van der Waals surface area contributed by atoms with Gasteiger partial charge in [0, 0.05) is 53.5 Å². The molecule has 2 aliphatic heterocycles. The van der Waals surface area contributed by atoms with Crippen molar-refractivity contribution in [2.75, 3.05) is 0 Å². The lowest BCUT2D eigenvalue weighted by atomic mass is 9.81. The van der Waals surface area contributed by atoms with Crippen molar-refractivity contribution in [2.24, 2.45) is 0 Å². The number of hydrogen-bond donors (Lipinski definition) is 4. The molecule has 240 valence electrons. The third kappa shape index (κ3) is 3.99. The van der Waals surface area contributed by atoms with Gasteiger partial charge in [0.15, 0.2) is 0 Å². The minimum Gasteiger partial charge on any atom is -0.481 e. The Balaban J connectivity index is 1.55. The third-order valence-electron chi connectivity index (χ3n) is 8.73. The number of halogens is 2. The first-order valence-electron chi connectivity index (χ1n) is 13.9. The predicted molar refractivity (Wildman–Crippen MR) is 166 cm³/mol. The summed E-state index contributed by atoms with van der Waals surface area (Å²) < 4.78 is 0. The average molecular weight is 691 g/mol. The summed E-state index contributed by atoms with van der Waals surface area (Å²) in [6.07, 6.45) is -2.10. The molecule has 4 amide bonds. The largest absolute Gasteiger partial charge is 0.481 e. The Morgan fingerprint density at radius 1 is 0.521 bits per heavy atom. The number of amides is 4. The van der Waals surface area contributed by atoms with Gasteiger partial charge in [0.25, 0.3) is 23.6 Å². The molecule has 7 rings (SSSR count). The molecule has 5 aromatic rings. The van der Waals surface area contributed by atoms with Crippen LogP contribution in [0.2, 0.25) is 10.0 Å².